The van der Waals surface area contributed by atoms with E-state index >= 15 is 0 Å². The first-order valence-electron chi connectivity index (χ1n) is 8.73. The molecule has 10 heteroatoms. The summed E-state index contributed by atoms with van der Waals surface area (Å²) in [7, 11) is 0. The molecule has 146 valence electrons. The van der Waals surface area contributed by atoms with Crippen molar-refractivity contribution in [2.24, 2.45) is 0 Å². The van der Waals surface area contributed by atoms with Gasteiger partial charge < -0.3 is 10.2 Å². The van der Waals surface area contributed by atoms with Gasteiger partial charge in [0.25, 0.3) is 6.43 Å². The zero-order chi connectivity index (χ0) is 19.8. The highest BCUT2D eigenvalue weighted by Gasteiger charge is 2.25. The number of hydrogen-bond acceptors (Lipinski definition) is 5. The Morgan fingerprint density at radius 3 is 2.82 bits per heavy atom. The monoisotopic (exact) mass is 390 g/mol. The summed E-state index contributed by atoms with van der Waals surface area (Å²) >= 11 is 0. The van der Waals surface area contributed by atoms with Crippen molar-refractivity contribution < 1.29 is 18.0 Å². The van der Waals surface area contributed by atoms with Crippen LogP contribution >= 0.6 is 0 Å². The molecule has 1 atom stereocenters. The van der Waals surface area contributed by atoms with E-state index in [1.807, 2.05) is 0 Å². The van der Waals surface area contributed by atoms with Crippen LogP contribution in [0.4, 0.5) is 19.0 Å². The fourth-order valence-electron chi connectivity index (χ4n) is 3.39. The van der Waals surface area contributed by atoms with Crippen molar-refractivity contribution in [1.29, 1.82) is 0 Å². The number of aromatic nitrogens is 4. The number of nitrogens with one attached hydrogen (secondary N) is 1. The smallest absolute Gasteiger partial charge is 0.299 e. The Hall–Kier alpha value is -3.17. The molecule has 3 aromatic rings. The molecule has 1 aliphatic rings. The summed E-state index contributed by atoms with van der Waals surface area (Å²) in [6, 6.07) is 7.35. The van der Waals surface area contributed by atoms with Gasteiger partial charge in [-0.1, -0.05) is 6.07 Å². The van der Waals surface area contributed by atoms with Crippen LogP contribution in [-0.4, -0.2) is 37.2 Å². The maximum Gasteiger partial charge on any atom is 0.299 e. The van der Waals surface area contributed by atoms with E-state index in [0.29, 0.717) is 30.9 Å². The number of benzene rings is 1. The van der Waals surface area contributed by atoms with Crippen molar-refractivity contribution in [2.75, 3.05) is 11.9 Å². The number of carbonyl (C=O) groups is 1. The minimum absolute atomic E-state index is 0.0959. The number of halogens is 3. The fraction of sp³-hybridized carbons (Fsp3) is 0.333. The molecule has 0 bridgehead atoms. The molecule has 0 fully saturated rings. The van der Waals surface area contributed by atoms with E-state index in [2.05, 4.69) is 20.6 Å². The number of carbonyl (C=O) groups excluding carboxylic acids is 1. The summed E-state index contributed by atoms with van der Waals surface area (Å²) in [6.45, 7) is 2.26. The summed E-state index contributed by atoms with van der Waals surface area (Å²) in [5.41, 5.74) is 1.75. The number of alkyl halides is 2. The van der Waals surface area contributed by atoms with Crippen LogP contribution in [0.25, 0.3) is 5.65 Å². The Balaban J connectivity index is 1.68. The fourth-order valence-corrected chi connectivity index (χ4v) is 3.39. The molecule has 1 amide bonds. The summed E-state index contributed by atoms with van der Waals surface area (Å²) in [6.07, 6.45) is -2.25. The number of anilines is 1. The minimum atomic E-state index is -2.80. The summed E-state index contributed by atoms with van der Waals surface area (Å²) in [5, 5.41) is 14.5. The van der Waals surface area contributed by atoms with E-state index in [1.165, 1.54) is 19.1 Å². The molecule has 4 rings (SSSR count). The molecule has 1 N–H and O–H groups in total. The molecule has 7 nitrogen and oxygen atoms in total. The van der Waals surface area contributed by atoms with Crippen molar-refractivity contribution >= 4 is 17.4 Å². The average Bonchev–Trinajstić information content (AvgIpc) is 2.99. The van der Waals surface area contributed by atoms with Gasteiger partial charge >= 0.3 is 0 Å². The standard InChI is InChI=1S/C18H17F3N6O/c1-10(28)26-7-6-14(13-3-2-12(19)8-11(13)9-26)22-15-4-5-16-23-24-18(17(20)21)27(16)25-15/h2-5,8,14,17H,6-7,9H2,1H3,(H,22,25). The lowest BCUT2D eigenvalue weighted by molar-refractivity contribution is -0.129. The van der Waals surface area contributed by atoms with Crippen molar-refractivity contribution in [1.82, 2.24) is 24.7 Å². The van der Waals surface area contributed by atoms with Crippen LogP contribution in [0, 0.1) is 5.82 Å². The van der Waals surface area contributed by atoms with Gasteiger partial charge in [-0.15, -0.1) is 15.3 Å². The highest BCUT2D eigenvalue weighted by molar-refractivity contribution is 5.73. The van der Waals surface area contributed by atoms with E-state index in [1.54, 1.807) is 23.1 Å². The molecule has 3 heterocycles. The second-order valence-corrected chi connectivity index (χ2v) is 6.62. The molecular weight excluding hydrogens is 373 g/mol. The van der Waals surface area contributed by atoms with Gasteiger partial charge in [-0.2, -0.15) is 4.52 Å². The number of amides is 1. The van der Waals surface area contributed by atoms with E-state index < -0.39 is 12.2 Å². The lowest BCUT2D eigenvalue weighted by atomic mass is 9.99. The molecule has 1 aliphatic heterocycles. The Kier molecular flexibility index (Phi) is 4.62. The third kappa shape index (κ3) is 3.37. The molecule has 0 aliphatic carbocycles. The Morgan fingerprint density at radius 1 is 1.25 bits per heavy atom. The predicted molar refractivity (Wildman–Crippen MR) is 94.2 cm³/mol. The topological polar surface area (TPSA) is 75.4 Å². The molecule has 28 heavy (non-hydrogen) atoms. The quantitative estimate of drug-likeness (QED) is 0.744. The van der Waals surface area contributed by atoms with Crippen molar-refractivity contribution in [2.45, 2.75) is 32.4 Å². The first-order valence-corrected chi connectivity index (χ1v) is 8.73. The van der Waals surface area contributed by atoms with Gasteiger partial charge in [0.15, 0.2) is 5.65 Å². The van der Waals surface area contributed by atoms with Crippen LogP contribution in [0.1, 0.15) is 42.8 Å². The average molecular weight is 390 g/mol. The van der Waals surface area contributed by atoms with Crippen LogP contribution in [-0.2, 0) is 11.3 Å². The van der Waals surface area contributed by atoms with Gasteiger partial charge in [0, 0.05) is 20.0 Å². The van der Waals surface area contributed by atoms with E-state index in [-0.39, 0.29) is 23.4 Å². The molecule has 2 aromatic heterocycles. The van der Waals surface area contributed by atoms with Gasteiger partial charge in [-0.3, -0.25) is 4.79 Å². The van der Waals surface area contributed by atoms with Crippen molar-refractivity contribution in [3.05, 3.63) is 53.1 Å². The van der Waals surface area contributed by atoms with Gasteiger partial charge in [0.2, 0.25) is 11.7 Å². The molecular formula is C18H17F3N6O. The Bertz CT molecular complexity index is 1040. The number of rotatable bonds is 3. The molecule has 1 aromatic carbocycles. The molecule has 0 spiro atoms. The zero-order valence-electron chi connectivity index (χ0n) is 14.9. The minimum Gasteiger partial charge on any atom is -0.362 e. The molecule has 0 saturated carbocycles. The third-order valence-electron chi connectivity index (χ3n) is 4.78. The SMILES string of the molecule is CC(=O)N1CCC(Nc2ccc3nnc(C(F)F)n3n2)c2ccc(F)cc2C1. The van der Waals surface area contributed by atoms with Crippen LogP contribution < -0.4 is 5.32 Å². The molecule has 1 unspecified atom stereocenters. The normalized spacial score (nSPS) is 16.9. The summed E-state index contributed by atoms with van der Waals surface area (Å²) in [4.78, 5) is 13.5. The van der Waals surface area contributed by atoms with Gasteiger partial charge in [-0.05, 0) is 41.8 Å². The predicted octanol–water partition coefficient (Wildman–Crippen LogP) is 3.11. The van der Waals surface area contributed by atoms with Crippen LogP contribution in [0.5, 0.6) is 0 Å². The van der Waals surface area contributed by atoms with Crippen molar-refractivity contribution in [3.63, 3.8) is 0 Å². The van der Waals surface area contributed by atoms with Gasteiger partial charge in [0.1, 0.15) is 11.6 Å². The second-order valence-electron chi connectivity index (χ2n) is 6.62. The van der Waals surface area contributed by atoms with Crippen LogP contribution in [0.15, 0.2) is 30.3 Å². The second kappa shape index (κ2) is 7.10. The van der Waals surface area contributed by atoms with E-state index in [0.717, 1.165) is 10.1 Å². The Labute approximate surface area is 158 Å². The lowest BCUT2D eigenvalue weighted by Crippen LogP contribution is -2.28. The highest BCUT2D eigenvalue weighted by atomic mass is 19.3. The number of nitrogens with zero attached hydrogens (tertiary/aromatic N) is 5. The third-order valence-corrected chi connectivity index (χ3v) is 4.78. The van der Waals surface area contributed by atoms with Gasteiger partial charge in [-0.25, -0.2) is 13.2 Å². The first kappa shape index (κ1) is 18.2. The largest absolute Gasteiger partial charge is 0.362 e. The van der Waals surface area contributed by atoms with Crippen LogP contribution in [0.3, 0.4) is 0 Å². The summed E-state index contributed by atoms with van der Waals surface area (Å²) in [5.74, 6) is -0.662. The first-order chi connectivity index (χ1) is 13.4. The van der Waals surface area contributed by atoms with Crippen molar-refractivity contribution in [3.8, 4) is 0 Å². The number of hydrogen-bond donors (Lipinski definition) is 1. The highest BCUT2D eigenvalue weighted by Crippen LogP contribution is 2.30. The van der Waals surface area contributed by atoms with E-state index in [9.17, 15) is 18.0 Å². The van der Waals surface area contributed by atoms with Crippen LogP contribution in [0.2, 0.25) is 0 Å². The van der Waals surface area contributed by atoms with Gasteiger partial charge in [0.05, 0.1) is 6.04 Å². The molecule has 0 radical (unpaired) electrons. The maximum atomic E-state index is 13.7. The van der Waals surface area contributed by atoms with E-state index in [4.69, 9.17) is 0 Å². The number of fused-ring (bicyclic) bond motifs is 2. The molecule has 0 saturated heterocycles. The zero-order valence-corrected chi connectivity index (χ0v) is 14.9. The Morgan fingerprint density at radius 2 is 2.07 bits per heavy atom. The lowest BCUT2D eigenvalue weighted by Gasteiger charge is -2.20. The summed E-state index contributed by atoms with van der Waals surface area (Å²) < 4.78 is 40.9. The maximum absolute atomic E-state index is 13.7.